The molecule has 2 aromatic heterocycles. The van der Waals surface area contributed by atoms with Gasteiger partial charge in [0.25, 0.3) is 0 Å². The minimum Gasteiger partial charge on any atom is -0.337 e. The average Bonchev–Trinajstić information content (AvgIpc) is 2.86. The van der Waals surface area contributed by atoms with Gasteiger partial charge in [-0.05, 0) is 17.7 Å². The van der Waals surface area contributed by atoms with E-state index < -0.39 is 0 Å². The normalized spacial score (nSPS) is 10.8. The second-order valence-electron chi connectivity index (χ2n) is 4.59. The fraction of sp³-hybridized carbons (Fsp3) is 0.0667. The number of halogens is 2. The molecule has 3 aromatic rings. The lowest BCUT2D eigenvalue weighted by Crippen LogP contribution is -2.07. The summed E-state index contributed by atoms with van der Waals surface area (Å²) in [4.78, 5) is 8.49. The molecule has 2 heterocycles. The number of rotatable bonds is 4. The Hall–Kier alpha value is -1.69. The fourth-order valence-corrected chi connectivity index (χ4v) is 3.31. The van der Waals surface area contributed by atoms with Gasteiger partial charge < -0.3 is 5.84 Å². The smallest absolute Gasteiger partial charge is 0.187 e. The van der Waals surface area contributed by atoms with Gasteiger partial charge in [-0.15, -0.1) is 0 Å². The van der Waals surface area contributed by atoms with Gasteiger partial charge in [0, 0.05) is 11.3 Å². The van der Waals surface area contributed by atoms with E-state index in [1.807, 2.05) is 36.5 Å². The molecule has 1 aromatic carbocycles. The monoisotopic (exact) mass is 350 g/mol. The zero-order valence-electron chi connectivity index (χ0n) is 11.4. The lowest BCUT2D eigenvalue weighted by atomic mass is 10.2. The molecule has 0 aliphatic carbocycles. The fourth-order valence-electron chi connectivity index (χ4n) is 1.98. The number of hydrogen-bond acceptors (Lipinski definition) is 4. The predicted molar refractivity (Wildman–Crippen MR) is 91.6 cm³/mol. The van der Waals surface area contributed by atoms with Crippen molar-refractivity contribution in [2.75, 3.05) is 5.84 Å². The summed E-state index contributed by atoms with van der Waals surface area (Å²) in [6.45, 7) is 0. The second-order valence-corrected chi connectivity index (χ2v) is 6.31. The molecule has 4 nitrogen and oxygen atoms in total. The molecule has 22 heavy (non-hydrogen) atoms. The van der Waals surface area contributed by atoms with Crippen molar-refractivity contribution in [3.05, 3.63) is 64.5 Å². The summed E-state index contributed by atoms with van der Waals surface area (Å²) in [7, 11) is 0. The first kappa shape index (κ1) is 15.2. The van der Waals surface area contributed by atoms with Crippen molar-refractivity contribution in [2.24, 2.45) is 0 Å². The Bertz CT molecular complexity index is 769. The third-order valence-electron chi connectivity index (χ3n) is 2.96. The Balaban J connectivity index is 1.77. The van der Waals surface area contributed by atoms with Crippen LogP contribution in [-0.4, -0.2) is 14.6 Å². The van der Waals surface area contributed by atoms with Gasteiger partial charge in [-0.1, -0.05) is 65.3 Å². The minimum atomic E-state index is 0.379. The van der Waals surface area contributed by atoms with Crippen LogP contribution < -0.4 is 5.84 Å². The summed E-state index contributed by atoms with van der Waals surface area (Å²) in [5.41, 5.74) is 2.85. The first-order valence-corrected chi connectivity index (χ1v) is 8.20. The summed E-state index contributed by atoms with van der Waals surface area (Å²) in [5.74, 6) is 6.63. The standard InChI is InChI=1S/C15H12Cl2N4S/c16-13-6-10(7-14(17)20-13)9-22-15-19-12(8-21(15)18)11-4-2-1-3-5-11/h1-8H,9,18H2. The molecule has 0 atom stereocenters. The molecule has 112 valence electrons. The molecule has 0 bridgehead atoms. The summed E-state index contributed by atoms with van der Waals surface area (Å²) in [6, 6.07) is 13.5. The molecule has 0 radical (unpaired) electrons. The number of thioether (sulfide) groups is 1. The lowest BCUT2D eigenvalue weighted by Gasteiger charge is -2.02. The van der Waals surface area contributed by atoms with Gasteiger partial charge in [-0.2, -0.15) is 0 Å². The van der Waals surface area contributed by atoms with Gasteiger partial charge >= 0.3 is 0 Å². The van der Waals surface area contributed by atoms with Gasteiger partial charge in [0.15, 0.2) is 5.16 Å². The molecule has 0 aliphatic heterocycles. The molecule has 0 fully saturated rings. The van der Waals surface area contributed by atoms with Crippen LogP contribution in [0.4, 0.5) is 0 Å². The molecule has 3 rings (SSSR count). The van der Waals surface area contributed by atoms with Crippen molar-refractivity contribution in [2.45, 2.75) is 10.9 Å². The van der Waals surface area contributed by atoms with Crippen LogP contribution >= 0.6 is 35.0 Å². The summed E-state index contributed by atoms with van der Waals surface area (Å²) < 4.78 is 1.53. The molecular weight excluding hydrogens is 339 g/mol. The molecule has 0 aliphatic rings. The number of hydrogen-bond donors (Lipinski definition) is 1. The zero-order valence-corrected chi connectivity index (χ0v) is 13.7. The van der Waals surface area contributed by atoms with Crippen LogP contribution in [0, 0.1) is 0 Å². The summed E-state index contributed by atoms with van der Waals surface area (Å²) in [6.07, 6.45) is 1.81. The number of nitrogens with two attached hydrogens (primary N) is 1. The molecule has 0 spiro atoms. The van der Waals surface area contributed by atoms with Crippen molar-refractivity contribution < 1.29 is 0 Å². The second kappa shape index (κ2) is 6.60. The van der Waals surface area contributed by atoms with Crippen LogP contribution in [0.5, 0.6) is 0 Å². The third-order valence-corrected chi connectivity index (χ3v) is 4.38. The van der Waals surface area contributed by atoms with Crippen molar-refractivity contribution in [1.82, 2.24) is 14.6 Å². The van der Waals surface area contributed by atoms with Crippen LogP contribution in [0.3, 0.4) is 0 Å². The van der Waals surface area contributed by atoms with E-state index in [4.69, 9.17) is 29.0 Å². The van der Waals surface area contributed by atoms with Crippen LogP contribution in [0.2, 0.25) is 10.3 Å². The van der Waals surface area contributed by atoms with Crippen molar-refractivity contribution in [1.29, 1.82) is 0 Å². The average molecular weight is 351 g/mol. The predicted octanol–water partition coefficient (Wildman–Crippen LogP) is 4.26. The molecule has 7 heteroatoms. The number of imidazole rings is 1. The zero-order chi connectivity index (χ0) is 15.5. The van der Waals surface area contributed by atoms with Crippen molar-refractivity contribution >= 4 is 35.0 Å². The summed E-state index contributed by atoms with van der Waals surface area (Å²) in [5, 5.41) is 1.48. The Morgan fingerprint density at radius 2 is 1.73 bits per heavy atom. The number of aromatic nitrogens is 3. The number of nitrogens with zero attached hydrogens (tertiary/aromatic N) is 3. The Morgan fingerprint density at radius 1 is 1.05 bits per heavy atom. The first-order chi connectivity index (χ1) is 10.6. The largest absolute Gasteiger partial charge is 0.337 e. The van der Waals surface area contributed by atoms with Crippen LogP contribution in [0.25, 0.3) is 11.3 Å². The molecular formula is C15H12Cl2N4S. The molecule has 0 saturated carbocycles. The van der Waals surface area contributed by atoms with Gasteiger partial charge in [-0.25, -0.2) is 14.6 Å². The Kier molecular flexibility index (Phi) is 4.57. The topological polar surface area (TPSA) is 56.7 Å². The highest BCUT2D eigenvalue weighted by Gasteiger charge is 2.09. The van der Waals surface area contributed by atoms with Gasteiger partial charge in [0.2, 0.25) is 0 Å². The maximum atomic E-state index is 5.97. The molecule has 0 unspecified atom stereocenters. The molecule has 2 N–H and O–H groups in total. The highest BCUT2D eigenvalue weighted by molar-refractivity contribution is 7.98. The lowest BCUT2D eigenvalue weighted by molar-refractivity contribution is 0.851. The third kappa shape index (κ3) is 3.55. The van der Waals surface area contributed by atoms with E-state index >= 15 is 0 Å². The molecule has 0 saturated heterocycles. The highest BCUT2D eigenvalue weighted by atomic mass is 35.5. The van der Waals surface area contributed by atoms with E-state index in [0.717, 1.165) is 22.0 Å². The minimum absolute atomic E-state index is 0.379. The van der Waals surface area contributed by atoms with Crippen LogP contribution in [0.1, 0.15) is 5.56 Å². The quantitative estimate of drug-likeness (QED) is 0.434. The van der Waals surface area contributed by atoms with E-state index in [1.54, 1.807) is 12.1 Å². The van der Waals surface area contributed by atoms with Crippen LogP contribution in [-0.2, 0) is 5.75 Å². The van der Waals surface area contributed by atoms with Crippen molar-refractivity contribution in [3.8, 4) is 11.3 Å². The Labute approximate surface area is 142 Å². The van der Waals surface area contributed by atoms with E-state index in [9.17, 15) is 0 Å². The summed E-state index contributed by atoms with van der Waals surface area (Å²) >= 11 is 13.3. The van der Waals surface area contributed by atoms with Gasteiger partial charge in [0.05, 0.1) is 11.9 Å². The van der Waals surface area contributed by atoms with E-state index in [-0.39, 0.29) is 0 Å². The highest BCUT2D eigenvalue weighted by Crippen LogP contribution is 2.26. The maximum absolute atomic E-state index is 5.97. The molecule has 0 amide bonds. The van der Waals surface area contributed by atoms with Gasteiger partial charge in [-0.3, -0.25) is 0 Å². The van der Waals surface area contributed by atoms with E-state index in [2.05, 4.69) is 9.97 Å². The van der Waals surface area contributed by atoms with Gasteiger partial charge in [0.1, 0.15) is 10.3 Å². The number of pyridine rings is 1. The first-order valence-electron chi connectivity index (χ1n) is 6.46. The SMILES string of the molecule is Nn1cc(-c2ccccc2)nc1SCc1cc(Cl)nc(Cl)c1. The maximum Gasteiger partial charge on any atom is 0.187 e. The Morgan fingerprint density at radius 3 is 2.41 bits per heavy atom. The van der Waals surface area contributed by atoms with Crippen LogP contribution in [0.15, 0.2) is 53.8 Å². The number of benzene rings is 1. The van der Waals surface area contributed by atoms with Crippen molar-refractivity contribution in [3.63, 3.8) is 0 Å². The van der Waals surface area contributed by atoms with E-state index in [1.165, 1.54) is 16.4 Å². The number of nitrogen functional groups attached to an aromatic ring is 1. The van der Waals surface area contributed by atoms with E-state index in [0.29, 0.717) is 16.1 Å².